The Bertz CT molecular complexity index is 411. The molecular weight excluding hydrogens is 284 g/mol. The van der Waals surface area contributed by atoms with Gasteiger partial charge in [0.1, 0.15) is 18.3 Å². The van der Waals surface area contributed by atoms with E-state index in [2.05, 4.69) is 0 Å². The summed E-state index contributed by atoms with van der Waals surface area (Å²) in [4.78, 5) is 11.9. The summed E-state index contributed by atoms with van der Waals surface area (Å²) in [5, 5.41) is 0. The van der Waals surface area contributed by atoms with Crippen molar-refractivity contribution in [3.63, 3.8) is 0 Å². The highest BCUT2D eigenvalue weighted by atomic mass is 16.9. The number of methoxy groups -OCH3 is 2. The zero-order chi connectivity index (χ0) is 15.2. The molecular formula is C13H20O8. The first kappa shape index (κ1) is 15.1. The minimum Gasteiger partial charge on any atom is -0.455 e. The fraction of sp³-hybridized carbons (Fsp3) is 0.923. The van der Waals surface area contributed by atoms with Crippen molar-refractivity contribution in [1.82, 2.24) is 0 Å². The number of carbonyl (C=O) groups is 1. The zero-order valence-electron chi connectivity index (χ0n) is 12.4. The summed E-state index contributed by atoms with van der Waals surface area (Å²) in [6, 6.07) is 0. The number of fused-ring (bicyclic) bond motifs is 1. The third-order valence-electron chi connectivity index (χ3n) is 3.77. The lowest BCUT2D eigenvalue weighted by Crippen LogP contribution is -2.59. The molecule has 0 aliphatic carbocycles. The predicted molar refractivity (Wildman–Crippen MR) is 66.1 cm³/mol. The van der Waals surface area contributed by atoms with E-state index in [1.165, 1.54) is 14.2 Å². The van der Waals surface area contributed by atoms with E-state index in [1.54, 1.807) is 13.8 Å². The molecule has 0 N–H and O–H groups in total. The molecule has 0 saturated carbocycles. The molecule has 0 bridgehead atoms. The molecule has 0 spiro atoms. The highest BCUT2D eigenvalue weighted by molar-refractivity contribution is 5.78. The average Bonchev–Trinajstić information content (AvgIpc) is 3.00. The molecule has 0 aromatic rings. The van der Waals surface area contributed by atoms with Gasteiger partial charge in [-0.1, -0.05) is 0 Å². The van der Waals surface area contributed by atoms with Gasteiger partial charge in [-0.25, -0.2) is 4.79 Å². The molecule has 3 heterocycles. The van der Waals surface area contributed by atoms with Crippen molar-refractivity contribution in [3.8, 4) is 0 Å². The van der Waals surface area contributed by atoms with E-state index in [4.69, 9.17) is 33.2 Å². The van der Waals surface area contributed by atoms with Gasteiger partial charge >= 0.3 is 5.97 Å². The number of rotatable bonds is 3. The van der Waals surface area contributed by atoms with Crippen LogP contribution in [0.2, 0.25) is 0 Å². The Morgan fingerprint density at radius 3 is 2.43 bits per heavy atom. The van der Waals surface area contributed by atoms with Crippen LogP contribution in [0.5, 0.6) is 0 Å². The number of hydrogen-bond acceptors (Lipinski definition) is 8. The first-order valence-electron chi connectivity index (χ1n) is 6.84. The molecule has 21 heavy (non-hydrogen) atoms. The average molecular weight is 304 g/mol. The third-order valence-corrected chi connectivity index (χ3v) is 3.77. The maximum atomic E-state index is 11.9. The van der Waals surface area contributed by atoms with Gasteiger partial charge in [-0.05, 0) is 13.8 Å². The minimum absolute atomic E-state index is 0.289. The minimum atomic E-state index is -0.884. The van der Waals surface area contributed by atoms with Gasteiger partial charge in [-0.3, -0.25) is 0 Å². The van der Waals surface area contributed by atoms with E-state index in [0.29, 0.717) is 0 Å². The predicted octanol–water partition coefficient (Wildman–Crippen LogP) is -0.208. The number of ether oxygens (including phenoxy) is 7. The van der Waals surface area contributed by atoms with Gasteiger partial charge in [-0.2, -0.15) is 0 Å². The van der Waals surface area contributed by atoms with Crippen LogP contribution in [0.3, 0.4) is 0 Å². The molecule has 3 saturated heterocycles. The molecule has 3 aliphatic heterocycles. The Balaban J connectivity index is 1.81. The van der Waals surface area contributed by atoms with E-state index in [-0.39, 0.29) is 6.61 Å². The number of hydrogen-bond donors (Lipinski definition) is 0. The smallest absolute Gasteiger partial charge is 0.338 e. The summed E-state index contributed by atoms with van der Waals surface area (Å²) in [7, 11) is 2.94. The largest absolute Gasteiger partial charge is 0.455 e. The van der Waals surface area contributed by atoms with Crippen LogP contribution in [0.25, 0.3) is 0 Å². The second-order valence-corrected chi connectivity index (χ2v) is 5.65. The van der Waals surface area contributed by atoms with Crippen LogP contribution in [0.1, 0.15) is 13.8 Å². The number of esters is 1. The van der Waals surface area contributed by atoms with Gasteiger partial charge < -0.3 is 33.2 Å². The molecule has 3 aliphatic rings. The van der Waals surface area contributed by atoms with E-state index in [1.807, 2.05) is 0 Å². The van der Waals surface area contributed by atoms with Crippen LogP contribution < -0.4 is 0 Å². The first-order chi connectivity index (χ1) is 9.95. The highest BCUT2D eigenvalue weighted by Gasteiger charge is 2.59. The molecule has 0 aromatic heterocycles. The summed E-state index contributed by atoms with van der Waals surface area (Å²) in [5.41, 5.74) is 0. The fourth-order valence-corrected chi connectivity index (χ4v) is 2.92. The lowest BCUT2D eigenvalue weighted by atomic mass is 9.99. The van der Waals surface area contributed by atoms with Crippen LogP contribution in [-0.2, 0) is 38.0 Å². The molecule has 3 fully saturated rings. The molecule has 0 aromatic carbocycles. The Hall–Kier alpha value is -0.770. The number of carbonyl (C=O) groups excluding carboxylic acids is 1. The van der Waals surface area contributed by atoms with E-state index in [0.717, 1.165) is 0 Å². The van der Waals surface area contributed by atoms with Gasteiger partial charge in [0.25, 0.3) is 6.48 Å². The first-order valence-corrected chi connectivity index (χ1v) is 6.84. The lowest BCUT2D eigenvalue weighted by Gasteiger charge is -2.43. The van der Waals surface area contributed by atoms with Crippen molar-refractivity contribution in [2.75, 3.05) is 20.8 Å². The summed E-state index contributed by atoms with van der Waals surface area (Å²) in [6.45, 7) is 3.10. The molecule has 0 amide bonds. The van der Waals surface area contributed by atoms with Crippen LogP contribution in [0.4, 0.5) is 0 Å². The summed E-state index contributed by atoms with van der Waals surface area (Å²) in [5.74, 6) is -1.34. The second-order valence-electron chi connectivity index (χ2n) is 5.65. The molecule has 8 nitrogen and oxygen atoms in total. The van der Waals surface area contributed by atoms with Crippen molar-refractivity contribution >= 4 is 5.97 Å². The van der Waals surface area contributed by atoms with Crippen molar-refractivity contribution in [1.29, 1.82) is 0 Å². The molecule has 6 atom stereocenters. The van der Waals surface area contributed by atoms with E-state index in [9.17, 15) is 4.79 Å². The van der Waals surface area contributed by atoms with Crippen molar-refractivity contribution in [2.24, 2.45) is 0 Å². The standard InChI is InChI=1S/C13H20O8/c1-13(2)20-7(6-5-17-12(16-4)18-6)8-9(21-13)10(15-3)11(14)19-8/h6-10,12H,5H2,1-4H3/t6-,7-,8+,9-,10-,12?/m1/s1. The van der Waals surface area contributed by atoms with Crippen LogP contribution >= 0.6 is 0 Å². The topological polar surface area (TPSA) is 81.7 Å². The lowest BCUT2D eigenvalue weighted by molar-refractivity contribution is -0.344. The summed E-state index contributed by atoms with van der Waals surface area (Å²) < 4.78 is 38.2. The Labute approximate surface area is 122 Å². The van der Waals surface area contributed by atoms with Gasteiger partial charge in [0, 0.05) is 14.2 Å². The fourth-order valence-electron chi connectivity index (χ4n) is 2.92. The third kappa shape index (κ3) is 2.67. The quantitative estimate of drug-likeness (QED) is 0.663. The maximum Gasteiger partial charge on any atom is 0.338 e. The molecule has 120 valence electrons. The second kappa shape index (κ2) is 5.45. The summed E-state index contributed by atoms with van der Waals surface area (Å²) >= 11 is 0. The highest BCUT2D eigenvalue weighted by Crippen LogP contribution is 2.38. The monoisotopic (exact) mass is 304 g/mol. The zero-order valence-corrected chi connectivity index (χ0v) is 12.4. The van der Waals surface area contributed by atoms with Gasteiger partial charge in [0.2, 0.25) is 0 Å². The van der Waals surface area contributed by atoms with Crippen molar-refractivity contribution in [3.05, 3.63) is 0 Å². The van der Waals surface area contributed by atoms with Crippen molar-refractivity contribution < 1.29 is 38.0 Å². The molecule has 0 radical (unpaired) electrons. The molecule has 8 heteroatoms. The van der Waals surface area contributed by atoms with Gasteiger partial charge in [-0.15, -0.1) is 0 Å². The van der Waals surface area contributed by atoms with Crippen LogP contribution in [0, 0.1) is 0 Å². The van der Waals surface area contributed by atoms with E-state index >= 15 is 0 Å². The Morgan fingerprint density at radius 1 is 1.10 bits per heavy atom. The maximum absolute atomic E-state index is 11.9. The molecule has 1 unspecified atom stereocenters. The Kier molecular flexibility index (Phi) is 3.93. The summed E-state index contributed by atoms with van der Waals surface area (Å²) in [6.07, 6.45) is -2.82. The SMILES string of the molecule is COC1OC[C@H]([C@H]2OC(C)(C)O[C@@H]3[C@H]2OC(=O)[C@@H]3OC)O1. The van der Waals surface area contributed by atoms with Gasteiger partial charge in [0.05, 0.1) is 6.61 Å². The van der Waals surface area contributed by atoms with Crippen LogP contribution in [-0.4, -0.2) is 69.6 Å². The molecule has 3 rings (SSSR count). The Morgan fingerprint density at radius 2 is 1.81 bits per heavy atom. The van der Waals surface area contributed by atoms with Gasteiger partial charge in [0.15, 0.2) is 18.0 Å². The van der Waals surface area contributed by atoms with Crippen LogP contribution in [0.15, 0.2) is 0 Å². The van der Waals surface area contributed by atoms with Crippen molar-refractivity contribution in [2.45, 2.75) is 56.6 Å². The van der Waals surface area contributed by atoms with E-state index < -0.39 is 48.8 Å². The normalized spacial score (nSPS) is 45.4.